The van der Waals surface area contributed by atoms with Gasteiger partial charge in [0.2, 0.25) is 6.29 Å². The van der Waals surface area contributed by atoms with E-state index in [1.54, 1.807) is 6.92 Å². The zero-order valence-electron chi connectivity index (χ0n) is 8.88. The lowest BCUT2D eigenvalue weighted by Gasteiger charge is -2.33. The van der Waals surface area contributed by atoms with E-state index >= 15 is 0 Å². The molecule has 0 aromatic carbocycles. The molecule has 0 spiro atoms. The third kappa shape index (κ3) is 4.22. The van der Waals surface area contributed by atoms with Gasteiger partial charge in [-0.2, -0.15) is 25.3 Å². The quantitative estimate of drug-likeness (QED) is 0.319. The van der Waals surface area contributed by atoms with Crippen molar-refractivity contribution in [3.05, 3.63) is 0 Å². The summed E-state index contributed by atoms with van der Waals surface area (Å²) in [7, 11) is 0. The van der Waals surface area contributed by atoms with E-state index in [0.29, 0.717) is 6.42 Å². The summed E-state index contributed by atoms with van der Waals surface area (Å²) in [6.45, 7) is 3.41. The molecule has 0 aliphatic rings. The molecule has 0 aliphatic carbocycles. The van der Waals surface area contributed by atoms with E-state index in [1.165, 1.54) is 0 Å². The molecule has 6 heteroatoms. The normalized spacial score (nSPS) is 19.1. The second-order valence-electron chi connectivity index (χ2n) is 3.42. The molecule has 0 aliphatic heterocycles. The van der Waals surface area contributed by atoms with Gasteiger partial charge in [-0.05, 0) is 6.42 Å². The summed E-state index contributed by atoms with van der Waals surface area (Å²) in [4.78, 5) is 11.1. The van der Waals surface area contributed by atoms with Crippen molar-refractivity contribution in [3.63, 3.8) is 0 Å². The van der Waals surface area contributed by atoms with Crippen LogP contribution in [0.3, 0.4) is 0 Å². The Morgan fingerprint density at radius 1 is 1.60 bits per heavy atom. The number of aliphatic hydroxyl groups excluding tert-OH is 1. The van der Waals surface area contributed by atoms with Crippen LogP contribution >= 0.6 is 25.3 Å². The van der Waals surface area contributed by atoms with Crippen LogP contribution in [0.1, 0.15) is 26.7 Å². The molecule has 4 nitrogen and oxygen atoms in total. The molecular formula is C9H18O4S2. The Bertz CT molecular complexity index is 210. The average Bonchev–Trinajstić information content (AvgIpc) is 2.16. The first-order valence-corrected chi connectivity index (χ1v) is 5.92. The molecule has 0 saturated heterocycles. The van der Waals surface area contributed by atoms with Crippen LogP contribution in [0.2, 0.25) is 0 Å². The number of ether oxygens (including phenoxy) is 1. The summed E-state index contributed by atoms with van der Waals surface area (Å²) in [5.41, 5.74) is -1.63. The van der Waals surface area contributed by atoms with Gasteiger partial charge in [0.15, 0.2) is 0 Å². The minimum atomic E-state index is -1.63. The zero-order valence-corrected chi connectivity index (χ0v) is 10.7. The average molecular weight is 254 g/mol. The van der Waals surface area contributed by atoms with Crippen LogP contribution in [-0.4, -0.2) is 39.1 Å². The van der Waals surface area contributed by atoms with Gasteiger partial charge in [-0.3, -0.25) is 4.79 Å². The van der Waals surface area contributed by atoms with Gasteiger partial charge in [-0.1, -0.05) is 13.8 Å². The van der Waals surface area contributed by atoms with Gasteiger partial charge in [0.05, 0.1) is 0 Å². The Balaban J connectivity index is 4.40. The maximum absolute atomic E-state index is 11.1. The fourth-order valence-corrected chi connectivity index (χ4v) is 1.70. The Kier molecular flexibility index (Phi) is 6.66. The molecule has 0 radical (unpaired) electrons. The summed E-state index contributed by atoms with van der Waals surface area (Å²) in [5.74, 6) is -0.586. The first-order valence-electron chi connectivity index (χ1n) is 4.77. The lowest BCUT2D eigenvalue weighted by molar-refractivity contribution is -0.208. The molecule has 2 N–H and O–H groups in total. The maximum Gasteiger partial charge on any atom is 0.308 e. The van der Waals surface area contributed by atoms with Crippen molar-refractivity contribution in [1.82, 2.24) is 0 Å². The first-order chi connectivity index (χ1) is 6.88. The second kappa shape index (κ2) is 6.62. The van der Waals surface area contributed by atoms with Crippen molar-refractivity contribution in [3.8, 4) is 0 Å². The predicted octanol–water partition coefficient (Wildman–Crippen LogP) is 0.627. The monoisotopic (exact) mass is 254 g/mol. The van der Waals surface area contributed by atoms with Crippen LogP contribution in [-0.2, 0) is 9.53 Å². The Morgan fingerprint density at radius 2 is 2.13 bits per heavy atom. The largest absolute Gasteiger partial charge is 0.433 e. The second-order valence-corrected chi connectivity index (χ2v) is 4.51. The molecule has 3 unspecified atom stereocenters. The topological polar surface area (TPSA) is 66.8 Å². The van der Waals surface area contributed by atoms with Gasteiger partial charge in [0.1, 0.15) is 5.60 Å². The highest BCUT2D eigenvalue weighted by molar-refractivity contribution is 7.81. The number of rotatable bonds is 6. The first kappa shape index (κ1) is 15.1. The number of hydrogen-bond donors (Lipinski definition) is 4. The van der Waals surface area contributed by atoms with Crippen LogP contribution in [0.25, 0.3) is 0 Å². The van der Waals surface area contributed by atoms with Gasteiger partial charge in [0, 0.05) is 17.4 Å². The molecule has 0 aromatic rings. The third-order valence-electron chi connectivity index (χ3n) is 2.10. The number of aliphatic hydroxyl groups is 2. The lowest BCUT2D eigenvalue weighted by atomic mass is 10.0. The van der Waals surface area contributed by atoms with Crippen LogP contribution in [0.5, 0.6) is 0 Å². The van der Waals surface area contributed by atoms with Gasteiger partial charge >= 0.3 is 5.97 Å². The number of thiol groups is 2. The number of hydrogen-bond acceptors (Lipinski definition) is 6. The lowest BCUT2D eigenvalue weighted by Crippen LogP contribution is -2.52. The molecule has 0 fully saturated rings. The van der Waals surface area contributed by atoms with Gasteiger partial charge < -0.3 is 14.9 Å². The van der Waals surface area contributed by atoms with Crippen molar-refractivity contribution >= 4 is 31.2 Å². The summed E-state index contributed by atoms with van der Waals surface area (Å²) in [6, 6.07) is 0. The van der Waals surface area contributed by atoms with Gasteiger partial charge in [-0.25, -0.2) is 0 Å². The summed E-state index contributed by atoms with van der Waals surface area (Å²) >= 11 is 7.93. The van der Waals surface area contributed by atoms with Crippen LogP contribution in [0, 0.1) is 0 Å². The highest BCUT2D eigenvalue weighted by atomic mass is 32.1. The van der Waals surface area contributed by atoms with Crippen molar-refractivity contribution in [2.75, 3.05) is 5.75 Å². The molecule has 90 valence electrons. The molecule has 0 saturated carbocycles. The van der Waals surface area contributed by atoms with E-state index in [0.717, 1.165) is 0 Å². The summed E-state index contributed by atoms with van der Waals surface area (Å²) in [5, 5.41) is 18.9. The van der Waals surface area contributed by atoms with E-state index < -0.39 is 23.1 Å². The van der Waals surface area contributed by atoms with E-state index in [9.17, 15) is 15.0 Å². The fourth-order valence-electron chi connectivity index (χ4n) is 0.906. The number of carbonyl (C=O) groups is 1. The highest BCUT2D eigenvalue weighted by Crippen LogP contribution is 2.23. The Hall–Kier alpha value is 0.0900. The summed E-state index contributed by atoms with van der Waals surface area (Å²) < 4.78 is 4.68. The Morgan fingerprint density at radius 3 is 2.47 bits per heavy atom. The molecule has 0 bridgehead atoms. The van der Waals surface area contributed by atoms with E-state index in [4.69, 9.17) is 0 Å². The molecule has 0 rings (SSSR count). The van der Waals surface area contributed by atoms with Gasteiger partial charge in [-0.15, -0.1) is 0 Å². The maximum atomic E-state index is 11.1. The molecule has 0 heterocycles. The predicted molar refractivity (Wildman–Crippen MR) is 64.3 cm³/mol. The van der Waals surface area contributed by atoms with E-state index in [-0.39, 0.29) is 12.2 Å². The van der Waals surface area contributed by atoms with E-state index in [1.807, 2.05) is 6.92 Å². The molecular weight excluding hydrogens is 236 g/mol. The van der Waals surface area contributed by atoms with Gasteiger partial charge in [0.25, 0.3) is 0 Å². The minimum absolute atomic E-state index is 0.0434. The number of esters is 1. The van der Waals surface area contributed by atoms with Crippen LogP contribution < -0.4 is 0 Å². The van der Waals surface area contributed by atoms with E-state index in [2.05, 4.69) is 30.0 Å². The van der Waals surface area contributed by atoms with Crippen molar-refractivity contribution in [2.24, 2.45) is 0 Å². The molecule has 15 heavy (non-hydrogen) atoms. The standard InChI is InChI=1S/C9H18O4S2/c1-3-4-7(10)13-8(11)9(12,5-14)6(2)15/h6,8,11-12,14-15H,3-5H2,1-2H3. The van der Waals surface area contributed by atoms with Crippen molar-refractivity contribution < 1.29 is 19.7 Å². The highest BCUT2D eigenvalue weighted by Gasteiger charge is 2.41. The number of carbonyl (C=O) groups excluding carboxylic acids is 1. The van der Waals surface area contributed by atoms with Crippen molar-refractivity contribution in [1.29, 1.82) is 0 Å². The fraction of sp³-hybridized carbons (Fsp3) is 0.889. The van der Waals surface area contributed by atoms with Crippen LogP contribution in [0.15, 0.2) is 0 Å². The smallest absolute Gasteiger partial charge is 0.308 e. The van der Waals surface area contributed by atoms with Crippen molar-refractivity contribution in [2.45, 2.75) is 43.8 Å². The summed E-state index contributed by atoms with van der Waals surface area (Å²) in [6.07, 6.45) is -0.761. The SMILES string of the molecule is CCCC(=O)OC(O)C(O)(CS)C(C)S. The molecule has 0 amide bonds. The minimum Gasteiger partial charge on any atom is -0.433 e. The zero-order chi connectivity index (χ0) is 12.1. The molecule has 3 atom stereocenters. The third-order valence-corrected chi connectivity index (χ3v) is 3.06. The van der Waals surface area contributed by atoms with Crippen LogP contribution in [0.4, 0.5) is 0 Å². The molecule has 0 aromatic heterocycles. The Labute approximate surface area is 101 Å².